The van der Waals surface area contributed by atoms with E-state index < -0.39 is 0 Å². The van der Waals surface area contributed by atoms with Gasteiger partial charge in [0.15, 0.2) is 0 Å². The van der Waals surface area contributed by atoms with Gasteiger partial charge < -0.3 is 9.47 Å². The highest BCUT2D eigenvalue weighted by Crippen LogP contribution is 2.08. The van der Waals surface area contributed by atoms with E-state index in [0.29, 0.717) is 6.61 Å². The third-order valence-electron chi connectivity index (χ3n) is 2.62. The van der Waals surface area contributed by atoms with Gasteiger partial charge in [-0.2, -0.15) is 0 Å². The Kier molecular flexibility index (Phi) is 5.12. The molecule has 0 unspecified atom stereocenters. The first-order valence-corrected chi connectivity index (χ1v) is 6.32. The van der Waals surface area contributed by atoms with Crippen LogP contribution in [-0.4, -0.2) is 19.2 Å². The maximum Gasteiger partial charge on any atom is 0.310 e. The molecule has 0 heterocycles. The van der Waals surface area contributed by atoms with E-state index in [1.165, 1.54) is 12.1 Å². The molecule has 0 aliphatic carbocycles. The van der Waals surface area contributed by atoms with E-state index in [4.69, 9.17) is 9.47 Å². The van der Waals surface area contributed by atoms with Gasteiger partial charge in [0.2, 0.25) is 0 Å². The van der Waals surface area contributed by atoms with E-state index in [9.17, 15) is 9.18 Å². The molecule has 0 aliphatic rings. The van der Waals surface area contributed by atoms with E-state index in [-0.39, 0.29) is 24.8 Å². The average molecular weight is 274 g/mol. The Morgan fingerprint density at radius 3 is 2.35 bits per heavy atom. The van der Waals surface area contributed by atoms with Crippen molar-refractivity contribution in [1.29, 1.82) is 0 Å². The topological polar surface area (TPSA) is 35.5 Å². The zero-order chi connectivity index (χ0) is 14.2. The van der Waals surface area contributed by atoms with Crippen LogP contribution in [0.3, 0.4) is 0 Å². The Hall–Kier alpha value is -2.36. The Labute approximate surface area is 117 Å². The van der Waals surface area contributed by atoms with Crippen LogP contribution in [0.25, 0.3) is 0 Å². The van der Waals surface area contributed by atoms with Crippen LogP contribution in [-0.2, 0) is 16.0 Å². The normalized spacial score (nSPS) is 10.1. The fourth-order valence-electron chi connectivity index (χ4n) is 1.65. The number of hydrogen-bond donors (Lipinski definition) is 0. The van der Waals surface area contributed by atoms with Gasteiger partial charge in [-0.3, -0.25) is 4.79 Å². The first-order chi connectivity index (χ1) is 9.74. The van der Waals surface area contributed by atoms with E-state index >= 15 is 0 Å². The van der Waals surface area contributed by atoms with Crippen LogP contribution in [0, 0.1) is 5.82 Å². The summed E-state index contributed by atoms with van der Waals surface area (Å²) in [6.07, 6.45) is 0.131. The number of carbonyl (C=O) groups is 1. The number of hydrogen-bond acceptors (Lipinski definition) is 3. The van der Waals surface area contributed by atoms with Gasteiger partial charge in [-0.05, 0) is 29.8 Å². The highest BCUT2D eigenvalue weighted by Gasteiger charge is 2.05. The summed E-state index contributed by atoms with van der Waals surface area (Å²) in [5.74, 6) is 0.0636. The van der Waals surface area contributed by atoms with E-state index in [2.05, 4.69) is 0 Å². The minimum Gasteiger partial charge on any atom is -0.490 e. The molecule has 4 heteroatoms. The Morgan fingerprint density at radius 1 is 0.950 bits per heavy atom. The van der Waals surface area contributed by atoms with E-state index in [0.717, 1.165) is 11.3 Å². The van der Waals surface area contributed by atoms with Gasteiger partial charge in [0.25, 0.3) is 0 Å². The molecule has 0 bridgehead atoms. The molecule has 0 saturated carbocycles. The summed E-state index contributed by atoms with van der Waals surface area (Å²) in [5, 5.41) is 0. The number of esters is 1. The largest absolute Gasteiger partial charge is 0.490 e. The van der Waals surface area contributed by atoms with Crippen molar-refractivity contribution in [3.8, 4) is 5.75 Å². The fraction of sp³-hybridized carbons (Fsp3) is 0.188. The number of rotatable bonds is 6. The summed E-state index contributed by atoms with van der Waals surface area (Å²) in [6.45, 7) is 0.494. The fourth-order valence-corrected chi connectivity index (χ4v) is 1.65. The molecule has 0 fully saturated rings. The van der Waals surface area contributed by atoms with Crippen molar-refractivity contribution in [2.45, 2.75) is 6.42 Å². The second kappa shape index (κ2) is 7.28. The predicted molar refractivity (Wildman–Crippen MR) is 73.0 cm³/mol. The van der Waals surface area contributed by atoms with E-state index in [1.807, 2.05) is 30.3 Å². The van der Waals surface area contributed by atoms with Crippen LogP contribution in [0.15, 0.2) is 54.6 Å². The van der Waals surface area contributed by atoms with Gasteiger partial charge in [-0.15, -0.1) is 0 Å². The predicted octanol–water partition coefficient (Wildman–Crippen LogP) is 2.99. The molecule has 2 aromatic carbocycles. The van der Waals surface area contributed by atoms with Crippen molar-refractivity contribution >= 4 is 5.97 Å². The molecular weight excluding hydrogens is 259 g/mol. The van der Waals surface area contributed by atoms with Crippen LogP contribution in [0.2, 0.25) is 0 Å². The van der Waals surface area contributed by atoms with E-state index in [1.54, 1.807) is 12.1 Å². The molecule has 0 atom stereocenters. The lowest BCUT2D eigenvalue weighted by Crippen LogP contribution is -2.14. The number of para-hydroxylation sites is 1. The second-order valence-electron chi connectivity index (χ2n) is 4.19. The maximum atomic E-state index is 12.7. The Morgan fingerprint density at radius 2 is 1.65 bits per heavy atom. The highest BCUT2D eigenvalue weighted by molar-refractivity contribution is 5.72. The van der Waals surface area contributed by atoms with Crippen molar-refractivity contribution in [3.05, 3.63) is 66.0 Å². The number of halogens is 1. The van der Waals surface area contributed by atoms with Gasteiger partial charge in [0.1, 0.15) is 24.8 Å². The molecule has 0 saturated heterocycles. The van der Waals surface area contributed by atoms with Crippen molar-refractivity contribution in [1.82, 2.24) is 0 Å². The second-order valence-corrected chi connectivity index (χ2v) is 4.19. The van der Waals surface area contributed by atoms with Gasteiger partial charge in [0.05, 0.1) is 6.42 Å². The zero-order valence-corrected chi connectivity index (χ0v) is 10.9. The summed E-state index contributed by atoms with van der Waals surface area (Å²) in [6, 6.07) is 15.1. The van der Waals surface area contributed by atoms with Crippen LogP contribution in [0.1, 0.15) is 5.56 Å². The number of benzene rings is 2. The molecule has 0 spiro atoms. The summed E-state index contributed by atoms with van der Waals surface area (Å²) in [7, 11) is 0. The first kappa shape index (κ1) is 14.1. The first-order valence-electron chi connectivity index (χ1n) is 6.32. The molecule has 104 valence electrons. The minimum absolute atomic E-state index is 0.131. The van der Waals surface area contributed by atoms with Gasteiger partial charge in [0, 0.05) is 0 Å². The smallest absolute Gasteiger partial charge is 0.310 e. The van der Waals surface area contributed by atoms with Gasteiger partial charge in [-0.1, -0.05) is 30.3 Å². The Bertz CT molecular complexity index is 537. The lowest BCUT2D eigenvalue weighted by atomic mass is 10.1. The summed E-state index contributed by atoms with van der Waals surface area (Å²) in [5.41, 5.74) is 0.723. The number of ether oxygens (including phenoxy) is 2. The lowest BCUT2D eigenvalue weighted by molar-refractivity contribution is -0.143. The third-order valence-corrected chi connectivity index (χ3v) is 2.62. The Balaban J connectivity index is 1.66. The third kappa shape index (κ3) is 4.72. The van der Waals surface area contributed by atoms with Crippen LogP contribution in [0.5, 0.6) is 5.75 Å². The van der Waals surface area contributed by atoms with Crippen LogP contribution in [0.4, 0.5) is 4.39 Å². The summed E-state index contributed by atoms with van der Waals surface area (Å²) < 4.78 is 23.1. The molecule has 0 radical (unpaired) electrons. The molecule has 0 aliphatic heterocycles. The minimum atomic E-state index is -0.353. The summed E-state index contributed by atoms with van der Waals surface area (Å²) in [4.78, 5) is 11.5. The van der Waals surface area contributed by atoms with Crippen molar-refractivity contribution in [2.75, 3.05) is 13.2 Å². The quantitative estimate of drug-likeness (QED) is 0.600. The lowest BCUT2D eigenvalue weighted by Gasteiger charge is -2.07. The molecule has 2 rings (SSSR count). The standard InChI is InChI=1S/C16H15FO3/c17-14-8-6-13(7-9-14)12-16(18)20-11-10-19-15-4-2-1-3-5-15/h1-9H,10-12H2. The molecular formula is C16H15FO3. The maximum absolute atomic E-state index is 12.7. The molecule has 3 nitrogen and oxygen atoms in total. The monoisotopic (exact) mass is 274 g/mol. The van der Waals surface area contributed by atoms with Crippen molar-refractivity contribution < 1.29 is 18.7 Å². The molecule has 0 aromatic heterocycles. The average Bonchev–Trinajstić information content (AvgIpc) is 2.47. The van der Waals surface area contributed by atoms with Crippen molar-refractivity contribution in [2.24, 2.45) is 0 Å². The van der Waals surface area contributed by atoms with Crippen LogP contribution < -0.4 is 4.74 Å². The SMILES string of the molecule is O=C(Cc1ccc(F)cc1)OCCOc1ccccc1. The number of carbonyl (C=O) groups excluding carboxylic acids is 1. The molecule has 0 N–H and O–H groups in total. The summed E-state index contributed by atoms with van der Waals surface area (Å²) >= 11 is 0. The van der Waals surface area contributed by atoms with Crippen LogP contribution >= 0.6 is 0 Å². The van der Waals surface area contributed by atoms with Gasteiger partial charge in [-0.25, -0.2) is 4.39 Å². The highest BCUT2D eigenvalue weighted by atomic mass is 19.1. The molecule has 20 heavy (non-hydrogen) atoms. The van der Waals surface area contributed by atoms with Gasteiger partial charge >= 0.3 is 5.97 Å². The molecule has 2 aromatic rings. The molecule has 0 amide bonds. The van der Waals surface area contributed by atoms with Crippen molar-refractivity contribution in [3.63, 3.8) is 0 Å². The zero-order valence-electron chi connectivity index (χ0n) is 10.9.